The summed E-state index contributed by atoms with van der Waals surface area (Å²) in [6, 6.07) is 23.7. The highest BCUT2D eigenvalue weighted by atomic mass is 19.1. The van der Waals surface area contributed by atoms with Crippen molar-refractivity contribution in [1.82, 2.24) is 5.43 Å². The molecule has 0 spiro atoms. The molecule has 0 fully saturated rings. The standard InChI is InChI=1S/C28H24FN3O4/c1-2-35-26-16-19(10-15-25(26)36-28(34)21-11-13-22(29)14-12-21)17-31-32-27(33)18-30-24-9-5-7-20-6-3-4-8-23(20)24/h3-17,30H,2,18H2,1H3,(H,32,33)/b31-17+. The predicted octanol–water partition coefficient (Wildman–Crippen LogP) is 5.16. The van der Waals surface area contributed by atoms with Crippen molar-refractivity contribution in [2.75, 3.05) is 18.5 Å². The molecule has 7 nitrogen and oxygen atoms in total. The summed E-state index contributed by atoms with van der Waals surface area (Å²) in [6.07, 6.45) is 1.46. The van der Waals surface area contributed by atoms with E-state index < -0.39 is 11.8 Å². The summed E-state index contributed by atoms with van der Waals surface area (Å²) in [5, 5.41) is 9.24. The van der Waals surface area contributed by atoms with Gasteiger partial charge in [-0.3, -0.25) is 4.79 Å². The number of benzene rings is 4. The van der Waals surface area contributed by atoms with Crippen molar-refractivity contribution in [1.29, 1.82) is 0 Å². The molecule has 0 aliphatic heterocycles. The van der Waals surface area contributed by atoms with Crippen LogP contribution in [0.15, 0.2) is 90.0 Å². The van der Waals surface area contributed by atoms with Gasteiger partial charge in [0.05, 0.1) is 24.9 Å². The summed E-state index contributed by atoms with van der Waals surface area (Å²) in [4.78, 5) is 24.6. The van der Waals surface area contributed by atoms with Crippen LogP contribution in [0.5, 0.6) is 11.5 Å². The Kier molecular flexibility index (Phi) is 7.87. The molecule has 4 aromatic rings. The Morgan fingerprint density at radius 1 is 0.944 bits per heavy atom. The number of hydrazone groups is 1. The molecule has 2 N–H and O–H groups in total. The summed E-state index contributed by atoms with van der Waals surface area (Å²) >= 11 is 0. The summed E-state index contributed by atoms with van der Waals surface area (Å²) < 4.78 is 24.1. The Hall–Kier alpha value is -4.72. The molecule has 0 aromatic heterocycles. The monoisotopic (exact) mass is 485 g/mol. The molecule has 1 amide bonds. The maximum Gasteiger partial charge on any atom is 0.343 e. The third-order valence-electron chi connectivity index (χ3n) is 5.18. The van der Waals surface area contributed by atoms with E-state index in [4.69, 9.17) is 9.47 Å². The van der Waals surface area contributed by atoms with Gasteiger partial charge in [0.2, 0.25) is 0 Å². The molecule has 0 saturated heterocycles. The first-order valence-corrected chi connectivity index (χ1v) is 11.3. The Labute approximate surface area is 207 Å². The van der Waals surface area contributed by atoms with Gasteiger partial charge in [-0.05, 0) is 66.4 Å². The Morgan fingerprint density at radius 2 is 1.72 bits per heavy atom. The predicted molar refractivity (Wildman–Crippen MR) is 137 cm³/mol. The van der Waals surface area contributed by atoms with Crippen LogP contribution in [0.3, 0.4) is 0 Å². The molecule has 4 aromatic carbocycles. The van der Waals surface area contributed by atoms with E-state index in [9.17, 15) is 14.0 Å². The second-order valence-corrected chi connectivity index (χ2v) is 7.71. The molecule has 0 radical (unpaired) electrons. The van der Waals surface area contributed by atoms with Crippen molar-refractivity contribution < 1.29 is 23.5 Å². The molecule has 8 heteroatoms. The topological polar surface area (TPSA) is 89.0 Å². The third-order valence-corrected chi connectivity index (χ3v) is 5.18. The maximum atomic E-state index is 13.1. The van der Waals surface area contributed by atoms with Crippen LogP contribution in [-0.2, 0) is 4.79 Å². The van der Waals surface area contributed by atoms with E-state index in [-0.39, 0.29) is 23.8 Å². The minimum Gasteiger partial charge on any atom is -0.490 e. The van der Waals surface area contributed by atoms with E-state index >= 15 is 0 Å². The largest absolute Gasteiger partial charge is 0.490 e. The lowest BCUT2D eigenvalue weighted by molar-refractivity contribution is -0.119. The van der Waals surface area contributed by atoms with Gasteiger partial charge in [0.25, 0.3) is 5.91 Å². The number of anilines is 1. The minimum absolute atomic E-state index is 0.0494. The average molecular weight is 486 g/mol. The number of fused-ring (bicyclic) bond motifs is 1. The first kappa shape index (κ1) is 24.4. The van der Waals surface area contributed by atoms with E-state index in [1.807, 2.05) is 42.5 Å². The SMILES string of the molecule is CCOc1cc(/C=N/NC(=O)CNc2cccc3ccccc23)ccc1OC(=O)c1ccc(F)cc1. The molecule has 4 rings (SSSR count). The molecular formula is C28H24FN3O4. The summed E-state index contributed by atoms with van der Waals surface area (Å²) in [6.45, 7) is 2.20. The van der Waals surface area contributed by atoms with Crippen molar-refractivity contribution >= 4 is 34.6 Å². The zero-order valence-corrected chi connectivity index (χ0v) is 19.5. The Bertz CT molecular complexity index is 1400. The first-order chi connectivity index (χ1) is 17.5. The van der Waals surface area contributed by atoms with Crippen molar-refractivity contribution in [3.63, 3.8) is 0 Å². The lowest BCUT2D eigenvalue weighted by Gasteiger charge is -2.11. The lowest BCUT2D eigenvalue weighted by atomic mass is 10.1. The molecule has 182 valence electrons. The number of hydrogen-bond acceptors (Lipinski definition) is 6. The fourth-order valence-corrected chi connectivity index (χ4v) is 3.48. The van der Waals surface area contributed by atoms with E-state index in [0.717, 1.165) is 16.5 Å². The van der Waals surface area contributed by atoms with Crippen LogP contribution in [-0.4, -0.2) is 31.2 Å². The van der Waals surface area contributed by atoms with Crippen LogP contribution >= 0.6 is 0 Å². The zero-order valence-electron chi connectivity index (χ0n) is 19.5. The highest BCUT2D eigenvalue weighted by Gasteiger charge is 2.13. The van der Waals surface area contributed by atoms with Gasteiger partial charge in [-0.15, -0.1) is 0 Å². The van der Waals surface area contributed by atoms with Crippen LogP contribution in [0.1, 0.15) is 22.8 Å². The number of carbonyl (C=O) groups excluding carboxylic acids is 2. The van der Waals surface area contributed by atoms with E-state index in [0.29, 0.717) is 17.9 Å². The van der Waals surface area contributed by atoms with E-state index in [2.05, 4.69) is 15.8 Å². The van der Waals surface area contributed by atoms with Crippen LogP contribution in [0.2, 0.25) is 0 Å². The molecule has 0 aliphatic rings. The number of rotatable bonds is 9. The van der Waals surface area contributed by atoms with E-state index in [1.54, 1.807) is 25.1 Å². The third kappa shape index (κ3) is 6.24. The van der Waals surface area contributed by atoms with Gasteiger partial charge in [-0.1, -0.05) is 36.4 Å². The zero-order chi connectivity index (χ0) is 25.3. The highest BCUT2D eigenvalue weighted by Crippen LogP contribution is 2.29. The lowest BCUT2D eigenvalue weighted by Crippen LogP contribution is -2.25. The van der Waals surface area contributed by atoms with Crippen molar-refractivity contribution in [2.45, 2.75) is 6.92 Å². The molecular weight excluding hydrogens is 461 g/mol. The van der Waals surface area contributed by atoms with Gasteiger partial charge in [0, 0.05) is 11.1 Å². The number of halogens is 1. The average Bonchev–Trinajstić information content (AvgIpc) is 2.89. The number of esters is 1. The van der Waals surface area contributed by atoms with Gasteiger partial charge in [-0.25, -0.2) is 14.6 Å². The molecule has 0 saturated carbocycles. The van der Waals surface area contributed by atoms with Gasteiger partial charge in [0.15, 0.2) is 11.5 Å². The molecule has 0 bridgehead atoms. The number of nitrogens with zero attached hydrogens (tertiary/aromatic N) is 1. The number of amides is 1. The van der Waals surface area contributed by atoms with E-state index in [1.165, 1.54) is 30.5 Å². The van der Waals surface area contributed by atoms with Gasteiger partial charge in [-0.2, -0.15) is 5.10 Å². The maximum absolute atomic E-state index is 13.1. The smallest absolute Gasteiger partial charge is 0.343 e. The van der Waals surface area contributed by atoms with Crippen LogP contribution in [0.25, 0.3) is 10.8 Å². The number of ether oxygens (including phenoxy) is 2. The molecule has 36 heavy (non-hydrogen) atoms. The van der Waals surface area contributed by atoms with Crippen LogP contribution < -0.4 is 20.2 Å². The second-order valence-electron chi connectivity index (χ2n) is 7.71. The fraction of sp³-hybridized carbons (Fsp3) is 0.107. The Balaban J connectivity index is 1.36. The molecule has 0 heterocycles. The number of carbonyl (C=O) groups is 2. The highest BCUT2D eigenvalue weighted by molar-refractivity contribution is 5.95. The van der Waals surface area contributed by atoms with Crippen LogP contribution in [0, 0.1) is 5.82 Å². The van der Waals surface area contributed by atoms with Crippen molar-refractivity contribution in [3.8, 4) is 11.5 Å². The van der Waals surface area contributed by atoms with Gasteiger partial charge in [0.1, 0.15) is 5.82 Å². The summed E-state index contributed by atoms with van der Waals surface area (Å²) in [7, 11) is 0. The van der Waals surface area contributed by atoms with Gasteiger partial charge >= 0.3 is 5.97 Å². The second kappa shape index (κ2) is 11.6. The molecule has 0 aliphatic carbocycles. The number of hydrogen-bond donors (Lipinski definition) is 2. The minimum atomic E-state index is -0.636. The quantitative estimate of drug-likeness (QED) is 0.148. The molecule has 0 atom stereocenters. The summed E-state index contributed by atoms with van der Waals surface area (Å²) in [5.74, 6) is -0.841. The van der Waals surface area contributed by atoms with Crippen LogP contribution in [0.4, 0.5) is 10.1 Å². The summed E-state index contributed by atoms with van der Waals surface area (Å²) in [5.41, 5.74) is 4.18. The van der Waals surface area contributed by atoms with Crippen molar-refractivity contribution in [2.24, 2.45) is 5.10 Å². The first-order valence-electron chi connectivity index (χ1n) is 11.3. The normalized spacial score (nSPS) is 10.8. The number of nitrogens with one attached hydrogen (secondary N) is 2. The fourth-order valence-electron chi connectivity index (χ4n) is 3.48. The Morgan fingerprint density at radius 3 is 2.53 bits per heavy atom. The van der Waals surface area contributed by atoms with Gasteiger partial charge < -0.3 is 14.8 Å². The van der Waals surface area contributed by atoms with Crippen molar-refractivity contribution in [3.05, 3.63) is 102 Å². The molecule has 0 unspecified atom stereocenters.